The zero-order chi connectivity index (χ0) is 40.3. The normalized spacial score (nSPS) is 12.0. The van der Waals surface area contributed by atoms with Gasteiger partial charge >= 0.3 is 0 Å². The lowest BCUT2D eigenvalue weighted by atomic mass is 10.0. The molecule has 0 saturated carbocycles. The van der Waals surface area contributed by atoms with Crippen molar-refractivity contribution >= 4 is 87.2 Å². The van der Waals surface area contributed by atoms with Crippen LogP contribution < -0.4 is 0 Å². The number of fused-ring (bicyclic) bond motifs is 14. The molecular formula is C56H35N5. The molecule has 0 bridgehead atoms. The summed E-state index contributed by atoms with van der Waals surface area (Å²) in [5, 5.41) is 19.7. The molecule has 0 atom stereocenters. The van der Waals surface area contributed by atoms with Crippen molar-refractivity contribution in [1.29, 1.82) is 5.26 Å². The summed E-state index contributed by atoms with van der Waals surface area (Å²) in [6.45, 7) is 2.26. The van der Waals surface area contributed by atoms with Gasteiger partial charge in [-0.25, -0.2) is 0 Å². The predicted octanol–water partition coefficient (Wildman–Crippen LogP) is 14.3. The van der Waals surface area contributed by atoms with Crippen LogP contribution in [0.4, 0.5) is 0 Å². The third-order valence-electron chi connectivity index (χ3n) is 12.8. The van der Waals surface area contributed by atoms with Crippen molar-refractivity contribution in [1.82, 2.24) is 18.3 Å². The summed E-state index contributed by atoms with van der Waals surface area (Å²) >= 11 is 0. The Bertz CT molecular complexity index is 3990. The summed E-state index contributed by atoms with van der Waals surface area (Å²) < 4.78 is 9.68. The Balaban J connectivity index is 1.18. The van der Waals surface area contributed by atoms with Crippen LogP contribution in [0.3, 0.4) is 0 Å². The van der Waals surface area contributed by atoms with Crippen LogP contribution in [0, 0.1) is 18.3 Å². The minimum atomic E-state index is 0.640. The minimum Gasteiger partial charge on any atom is -0.309 e. The quantitative estimate of drug-likeness (QED) is 0.175. The minimum absolute atomic E-state index is 0.640. The summed E-state index contributed by atoms with van der Waals surface area (Å²) in [6.07, 6.45) is 0. The van der Waals surface area contributed by atoms with E-state index in [1.165, 1.54) is 54.4 Å². The van der Waals surface area contributed by atoms with Gasteiger partial charge in [0.2, 0.25) is 0 Å². The molecule has 13 aromatic rings. The molecule has 0 N–H and O–H groups in total. The third kappa shape index (κ3) is 4.59. The Hall–Kier alpha value is -8.33. The highest BCUT2D eigenvalue weighted by Crippen LogP contribution is 2.46. The Labute approximate surface area is 350 Å². The third-order valence-corrected chi connectivity index (χ3v) is 12.8. The standard InChI is InChI=1S/C56H35N5/c1-35-31-51-53(43-22-12-14-24-47(43)58(51)37-15-5-2-6-16-37)56-52(35)45-33-40(26-29-49(45)61(56)39-19-9-4-10-20-39)59-48-28-25-36(34-57)32-44(48)54-50(59)30-27-42-41-21-11-13-23-46(41)60(55(42)54)38-17-7-3-8-18-38/h2-33H,1H3. The monoisotopic (exact) mass is 777 g/mol. The smallest absolute Gasteiger partial charge is 0.0991 e. The first kappa shape index (κ1) is 33.6. The summed E-state index contributed by atoms with van der Waals surface area (Å²) in [4.78, 5) is 0. The first-order valence-electron chi connectivity index (χ1n) is 20.8. The molecule has 4 aromatic heterocycles. The van der Waals surface area contributed by atoms with Crippen molar-refractivity contribution in [3.63, 3.8) is 0 Å². The van der Waals surface area contributed by atoms with E-state index >= 15 is 0 Å². The second kappa shape index (κ2) is 12.6. The number of nitriles is 1. The second-order valence-electron chi connectivity index (χ2n) is 16.1. The topological polar surface area (TPSA) is 43.5 Å². The van der Waals surface area contributed by atoms with E-state index in [9.17, 15) is 5.26 Å². The van der Waals surface area contributed by atoms with Gasteiger partial charge in [0, 0.05) is 65.8 Å². The van der Waals surface area contributed by atoms with Crippen molar-refractivity contribution in [2.45, 2.75) is 6.92 Å². The number of hydrogen-bond acceptors (Lipinski definition) is 1. The van der Waals surface area contributed by atoms with Crippen molar-refractivity contribution in [2.75, 3.05) is 0 Å². The zero-order valence-electron chi connectivity index (χ0n) is 33.2. The zero-order valence-corrected chi connectivity index (χ0v) is 33.2. The summed E-state index contributed by atoms with van der Waals surface area (Å²) in [5.41, 5.74) is 15.4. The molecule has 0 amide bonds. The number of nitrogens with zero attached hydrogens (tertiary/aromatic N) is 5. The van der Waals surface area contributed by atoms with Gasteiger partial charge in [-0.3, -0.25) is 0 Å². The van der Waals surface area contributed by atoms with Crippen molar-refractivity contribution < 1.29 is 0 Å². The maximum absolute atomic E-state index is 10.2. The summed E-state index contributed by atoms with van der Waals surface area (Å²) in [7, 11) is 0. The van der Waals surface area contributed by atoms with E-state index in [1.54, 1.807) is 0 Å². The largest absolute Gasteiger partial charge is 0.309 e. The molecule has 13 rings (SSSR count). The van der Waals surface area contributed by atoms with Gasteiger partial charge in [-0.15, -0.1) is 0 Å². The van der Waals surface area contributed by atoms with Gasteiger partial charge in [0.05, 0.1) is 55.8 Å². The molecule has 5 heteroatoms. The van der Waals surface area contributed by atoms with Crippen LogP contribution in [0.2, 0.25) is 0 Å². The Morgan fingerprint density at radius 2 is 0.820 bits per heavy atom. The number of aromatic nitrogens is 4. The fraction of sp³-hybridized carbons (Fsp3) is 0.0179. The fourth-order valence-electron chi connectivity index (χ4n) is 10.4. The maximum atomic E-state index is 10.2. The van der Waals surface area contributed by atoms with Gasteiger partial charge in [0.15, 0.2) is 0 Å². The average molecular weight is 778 g/mol. The molecule has 0 aliphatic carbocycles. The SMILES string of the molecule is Cc1cc2c(c3ccccc3n2-c2ccccc2)c2c1c1cc(-n3c4ccc(C#N)cc4c4c3ccc3c5ccccc5n(-c5ccccc5)c34)ccc1n2-c1ccccc1. The van der Waals surface area contributed by atoms with Gasteiger partial charge in [0.1, 0.15) is 0 Å². The van der Waals surface area contributed by atoms with Crippen LogP contribution in [-0.2, 0) is 0 Å². The molecule has 5 nitrogen and oxygen atoms in total. The molecule has 0 aliphatic heterocycles. The van der Waals surface area contributed by atoms with Gasteiger partial charge in [-0.2, -0.15) is 5.26 Å². The highest BCUT2D eigenvalue weighted by molar-refractivity contribution is 6.28. The first-order chi connectivity index (χ1) is 30.2. The predicted molar refractivity (Wildman–Crippen MR) is 253 cm³/mol. The van der Waals surface area contributed by atoms with Crippen molar-refractivity contribution in [3.8, 4) is 28.8 Å². The molecule has 61 heavy (non-hydrogen) atoms. The fourth-order valence-corrected chi connectivity index (χ4v) is 10.4. The van der Waals surface area contributed by atoms with Crippen LogP contribution in [0.1, 0.15) is 11.1 Å². The molecule has 0 aliphatic rings. The Morgan fingerprint density at radius 3 is 1.51 bits per heavy atom. The molecule has 284 valence electrons. The lowest BCUT2D eigenvalue weighted by Gasteiger charge is -2.11. The van der Waals surface area contributed by atoms with E-state index in [0.29, 0.717) is 5.56 Å². The number of hydrogen-bond donors (Lipinski definition) is 0. The van der Waals surface area contributed by atoms with Crippen LogP contribution in [0.5, 0.6) is 0 Å². The van der Waals surface area contributed by atoms with E-state index < -0.39 is 0 Å². The number of benzene rings is 9. The highest BCUT2D eigenvalue weighted by atomic mass is 15.0. The second-order valence-corrected chi connectivity index (χ2v) is 16.1. The first-order valence-corrected chi connectivity index (χ1v) is 20.8. The molecular weight excluding hydrogens is 743 g/mol. The lowest BCUT2D eigenvalue weighted by Crippen LogP contribution is -1.96. The van der Waals surface area contributed by atoms with E-state index in [1.807, 2.05) is 6.07 Å². The van der Waals surface area contributed by atoms with Crippen molar-refractivity contribution in [3.05, 3.63) is 205 Å². The van der Waals surface area contributed by atoms with Gasteiger partial charge < -0.3 is 18.3 Å². The molecule has 0 spiro atoms. The molecule has 0 radical (unpaired) electrons. The van der Waals surface area contributed by atoms with Gasteiger partial charge in [0.25, 0.3) is 0 Å². The van der Waals surface area contributed by atoms with Crippen LogP contribution in [0.25, 0.3) is 110 Å². The van der Waals surface area contributed by atoms with E-state index in [4.69, 9.17) is 0 Å². The molecule has 4 heterocycles. The van der Waals surface area contributed by atoms with E-state index in [-0.39, 0.29) is 0 Å². The highest BCUT2D eigenvalue weighted by Gasteiger charge is 2.25. The van der Waals surface area contributed by atoms with E-state index in [2.05, 4.69) is 219 Å². The molecule has 9 aromatic carbocycles. The number of para-hydroxylation sites is 5. The van der Waals surface area contributed by atoms with Gasteiger partial charge in [-0.1, -0.05) is 97.1 Å². The number of rotatable bonds is 4. The average Bonchev–Trinajstić information content (AvgIpc) is 4.04. The Kier molecular flexibility index (Phi) is 6.94. The summed E-state index contributed by atoms with van der Waals surface area (Å²) in [6, 6.07) is 72.1. The van der Waals surface area contributed by atoms with Crippen LogP contribution >= 0.6 is 0 Å². The molecule has 0 unspecified atom stereocenters. The van der Waals surface area contributed by atoms with E-state index in [0.717, 1.165) is 61.1 Å². The van der Waals surface area contributed by atoms with Crippen LogP contribution in [-0.4, -0.2) is 18.3 Å². The summed E-state index contributed by atoms with van der Waals surface area (Å²) in [5.74, 6) is 0. The lowest BCUT2D eigenvalue weighted by molar-refractivity contribution is 1.16. The van der Waals surface area contributed by atoms with Crippen molar-refractivity contribution in [2.24, 2.45) is 0 Å². The van der Waals surface area contributed by atoms with Gasteiger partial charge in [-0.05, 0) is 110 Å². The molecule has 0 saturated heterocycles. The Morgan fingerprint density at radius 1 is 0.328 bits per heavy atom. The number of aryl methyl sites for hydroxylation is 1. The van der Waals surface area contributed by atoms with Crippen LogP contribution in [0.15, 0.2) is 194 Å². The molecule has 0 fully saturated rings. The maximum Gasteiger partial charge on any atom is 0.0991 e.